The molecule has 3 N–H and O–H groups in total. The van der Waals surface area contributed by atoms with Gasteiger partial charge in [0.15, 0.2) is 0 Å². The first-order valence-electron chi connectivity index (χ1n) is 6.05. The van der Waals surface area contributed by atoms with Crippen molar-refractivity contribution in [3.8, 4) is 0 Å². The summed E-state index contributed by atoms with van der Waals surface area (Å²) in [6.45, 7) is 4.21. The normalized spacial score (nSPS) is 13.5. The first kappa shape index (κ1) is 15.3. The highest BCUT2D eigenvalue weighted by molar-refractivity contribution is 7.54. The van der Waals surface area contributed by atoms with Gasteiger partial charge < -0.3 is 9.05 Å². The van der Waals surface area contributed by atoms with E-state index in [9.17, 15) is 4.57 Å². The number of rotatable bonds is 8. The van der Waals surface area contributed by atoms with Crippen LogP contribution in [0.5, 0.6) is 0 Å². The predicted molar refractivity (Wildman–Crippen MR) is 72.1 cm³/mol. The predicted octanol–water partition coefficient (Wildman–Crippen LogP) is 2.28. The molecule has 1 unspecified atom stereocenters. The highest BCUT2D eigenvalue weighted by Crippen LogP contribution is 2.52. The van der Waals surface area contributed by atoms with Crippen molar-refractivity contribution in [3.63, 3.8) is 0 Å². The Bertz CT molecular complexity index is 376. The van der Waals surface area contributed by atoms with Gasteiger partial charge >= 0.3 is 7.60 Å². The summed E-state index contributed by atoms with van der Waals surface area (Å²) in [6.07, 6.45) is 0.495. The summed E-state index contributed by atoms with van der Waals surface area (Å²) in [5, 5.41) is 0. The van der Waals surface area contributed by atoms with Crippen LogP contribution in [0.3, 0.4) is 0 Å². The van der Waals surface area contributed by atoms with E-state index >= 15 is 0 Å². The molecule has 0 spiro atoms. The molecule has 0 saturated carbocycles. The SMILES string of the molecule is CCOP(=O)(OCC)C(Cc1ccccc1)NN. The molecule has 5 nitrogen and oxygen atoms in total. The Hall–Kier alpha value is -0.710. The van der Waals surface area contributed by atoms with E-state index in [1.54, 1.807) is 13.8 Å². The third kappa shape index (κ3) is 4.19. The van der Waals surface area contributed by atoms with Crippen LogP contribution in [-0.4, -0.2) is 19.0 Å². The van der Waals surface area contributed by atoms with Crippen molar-refractivity contribution < 1.29 is 13.6 Å². The molecule has 0 aliphatic heterocycles. The van der Waals surface area contributed by atoms with E-state index in [-0.39, 0.29) is 0 Å². The molecule has 0 amide bonds. The second kappa shape index (κ2) is 7.67. The van der Waals surface area contributed by atoms with Gasteiger partial charge in [-0.05, 0) is 19.4 Å². The van der Waals surface area contributed by atoms with Gasteiger partial charge in [0, 0.05) is 6.42 Å². The minimum atomic E-state index is -3.23. The fourth-order valence-corrected chi connectivity index (χ4v) is 3.45. The lowest BCUT2D eigenvalue weighted by Crippen LogP contribution is -2.37. The Labute approximate surface area is 108 Å². The molecule has 1 atom stereocenters. The number of nitrogens with two attached hydrogens (primary N) is 1. The third-order valence-electron chi connectivity index (χ3n) is 2.46. The molecule has 0 aromatic heterocycles. The molecule has 1 rings (SSSR count). The molecule has 0 aliphatic rings. The monoisotopic (exact) mass is 272 g/mol. The molecular formula is C12H21N2O3P. The van der Waals surface area contributed by atoms with Crippen LogP contribution in [0.4, 0.5) is 0 Å². The number of benzene rings is 1. The molecule has 6 heteroatoms. The van der Waals surface area contributed by atoms with E-state index in [1.807, 2.05) is 30.3 Å². The third-order valence-corrected chi connectivity index (χ3v) is 4.80. The Balaban J connectivity index is 2.82. The Morgan fingerprint density at radius 2 is 1.78 bits per heavy atom. The van der Waals surface area contributed by atoms with Crippen LogP contribution in [0.2, 0.25) is 0 Å². The average molecular weight is 272 g/mol. The minimum absolute atomic E-state index is 0.324. The molecule has 0 fully saturated rings. The molecule has 1 aromatic carbocycles. The highest BCUT2D eigenvalue weighted by Gasteiger charge is 2.34. The molecule has 0 bridgehead atoms. The van der Waals surface area contributed by atoms with Gasteiger partial charge in [0.2, 0.25) is 0 Å². The summed E-state index contributed by atoms with van der Waals surface area (Å²) in [7, 11) is -3.23. The number of hydrazine groups is 1. The minimum Gasteiger partial charge on any atom is -0.308 e. The summed E-state index contributed by atoms with van der Waals surface area (Å²) in [6, 6.07) is 9.68. The quantitative estimate of drug-likeness (QED) is 0.431. The van der Waals surface area contributed by atoms with Crippen molar-refractivity contribution in [3.05, 3.63) is 35.9 Å². The summed E-state index contributed by atoms with van der Waals surface area (Å²) in [4.78, 5) is 0. The number of hydrogen-bond acceptors (Lipinski definition) is 5. The van der Waals surface area contributed by atoms with Crippen molar-refractivity contribution in [1.29, 1.82) is 0 Å². The second-order valence-electron chi connectivity index (χ2n) is 3.75. The van der Waals surface area contributed by atoms with Crippen LogP contribution < -0.4 is 11.3 Å². The van der Waals surface area contributed by atoms with Crippen molar-refractivity contribution in [1.82, 2.24) is 5.43 Å². The van der Waals surface area contributed by atoms with Gasteiger partial charge in [-0.2, -0.15) is 0 Å². The van der Waals surface area contributed by atoms with E-state index in [0.717, 1.165) is 5.56 Å². The molecular weight excluding hydrogens is 251 g/mol. The largest absolute Gasteiger partial charge is 0.349 e. The maximum absolute atomic E-state index is 12.6. The summed E-state index contributed by atoms with van der Waals surface area (Å²) < 4.78 is 23.1. The zero-order valence-electron chi connectivity index (χ0n) is 10.8. The van der Waals surface area contributed by atoms with Crippen molar-refractivity contribution in [2.75, 3.05) is 13.2 Å². The molecule has 0 saturated heterocycles. The van der Waals surface area contributed by atoms with Crippen LogP contribution >= 0.6 is 7.60 Å². The second-order valence-corrected chi connectivity index (χ2v) is 5.97. The molecule has 1 aromatic rings. The molecule has 18 heavy (non-hydrogen) atoms. The van der Waals surface area contributed by atoms with E-state index < -0.39 is 13.4 Å². The maximum Gasteiger partial charge on any atom is 0.349 e. The van der Waals surface area contributed by atoms with Crippen molar-refractivity contribution in [2.45, 2.75) is 26.1 Å². The Morgan fingerprint density at radius 3 is 2.22 bits per heavy atom. The summed E-state index contributed by atoms with van der Waals surface area (Å²) in [5.41, 5.74) is 3.58. The average Bonchev–Trinajstić information content (AvgIpc) is 2.37. The van der Waals surface area contributed by atoms with Crippen LogP contribution in [0.25, 0.3) is 0 Å². The van der Waals surface area contributed by atoms with Gasteiger partial charge in [-0.3, -0.25) is 10.4 Å². The van der Waals surface area contributed by atoms with Crippen LogP contribution in [0, 0.1) is 0 Å². The fraction of sp³-hybridized carbons (Fsp3) is 0.500. The standard InChI is InChI=1S/C12H21N2O3P/c1-3-16-18(15,17-4-2)12(14-13)10-11-8-6-5-7-9-11/h5-9,12,14H,3-4,10,13H2,1-2H3. The molecule has 0 radical (unpaired) electrons. The van der Waals surface area contributed by atoms with Gasteiger partial charge in [0.25, 0.3) is 0 Å². The summed E-state index contributed by atoms with van der Waals surface area (Å²) in [5.74, 6) is 4.94. The fourth-order valence-electron chi connectivity index (χ4n) is 1.68. The maximum atomic E-state index is 12.6. The zero-order valence-corrected chi connectivity index (χ0v) is 11.7. The van der Waals surface area contributed by atoms with Gasteiger partial charge in [-0.25, -0.2) is 5.43 Å². The highest BCUT2D eigenvalue weighted by atomic mass is 31.2. The number of hydrogen-bond donors (Lipinski definition) is 2. The Kier molecular flexibility index (Phi) is 6.54. The Morgan fingerprint density at radius 1 is 1.22 bits per heavy atom. The smallest absolute Gasteiger partial charge is 0.308 e. The van der Waals surface area contributed by atoms with Crippen molar-refractivity contribution >= 4 is 7.60 Å². The lowest BCUT2D eigenvalue weighted by atomic mass is 10.1. The lowest BCUT2D eigenvalue weighted by molar-refractivity contribution is 0.207. The van der Waals surface area contributed by atoms with Gasteiger partial charge in [0.05, 0.1) is 13.2 Å². The van der Waals surface area contributed by atoms with Crippen molar-refractivity contribution in [2.24, 2.45) is 5.84 Å². The lowest BCUT2D eigenvalue weighted by Gasteiger charge is -2.25. The van der Waals surface area contributed by atoms with E-state index in [0.29, 0.717) is 19.6 Å². The molecule has 102 valence electrons. The number of nitrogens with one attached hydrogen (secondary N) is 1. The first-order valence-corrected chi connectivity index (χ1v) is 7.66. The van der Waals surface area contributed by atoms with Gasteiger partial charge in [0.1, 0.15) is 5.78 Å². The van der Waals surface area contributed by atoms with E-state index in [2.05, 4.69) is 5.43 Å². The van der Waals surface area contributed by atoms with Gasteiger partial charge in [-0.1, -0.05) is 30.3 Å². The topological polar surface area (TPSA) is 73.6 Å². The zero-order chi connectivity index (χ0) is 13.4. The van der Waals surface area contributed by atoms with E-state index in [1.165, 1.54) is 0 Å². The van der Waals surface area contributed by atoms with Gasteiger partial charge in [-0.15, -0.1) is 0 Å². The molecule has 0 aliphatic carbocycles. The first-order chi connectivity index (χ1) is 8.66. The summed E-state index contributed by atoms with van der Waals surface area (Å²) >= 11 is 0. The van der Waals surface area contributed by atoms with E-state index in [4.69, 9.17) is 14.9 Å². The van der Waals surface area contributed by atoms with Crippen LogP contribution in [-0.2, 0) is 20.0 Å². The van der Waals surface area contributed by atoms with Crippen LogP contribution in [0.1, 0.15) is 19.4 Å². The molecule has 0 heterocycles. The van der Waals surface area contributed by atoms with Crippen LogP contribution in [0.15, 0.2) is 30.3 Å².